The summed E-state index contributed by atoms with van der Waals surface area (Å²) in [4.78, 5) is 23.4. The number of aryl methyl sites for hydroxylation is 1. The molecule has 0 aromatic heterocycles. The first-order chi connectivity index (χ1) is 12.1. The van der Waals surface area contributed by atoms with E-state index in [1.807, 2.05) is 61.5 Å². The largest absolute Gasteiger partial charge is 0.483 e. The van der Waals surface area contributed by atoms with Gasteiger partial charge in [-0.3, -0.25) is 9.59 Å². The van der Waals surface area contributed by atoms with E-state index >= 15 is 0 Å². The Bertz CT molecular complexity index is 700. The minimum atomic E-state index is -0.929. The van der Waals surface area contributed by atoms with Crippen LogP contribution in [-0.4, -0.2) is 30.1 Å². The number of carboxylic acid groups (broad SMARTS) is 1. The molecular weight excluding hydrogens is 318 g/mol. The highest BCUT2D eigenvalue weighted by atomic mass is 16.5. The van der Waals surface area contributed by atoms with E-state index in [-0.39, 0.29) is 19.1 Å². The van der Waals surface area contributed by atoms with Gasteiger partial charge in [0, 0.05) is 6.54 Å². The fourth-order valence-electron chi connectivity index (χ4n) is 2.51. The monoisotopic (exact) mass is 341 g/mol. The zero-order chi connectivity index (χ0) is 18.1. The molecule has 0 spiro atoms. The van der Waals surface area contributed by atoms with Gasteiger partial charge in [-0.05, 0) is 30.0 Å². The molecule has 0 aliphatic rings. The van der Waals surface area contributed by atoms with Gasteiger partial charge in [0.25, 0.3) is 5.91 Å². The minimum Gasteiger partial charge on any atom is -0.483 e. The lowest BCUT2D eigenvalue weighted by Crippen LogP contribution is -2.36. The summed E-state index contributed by atoms with van der Waals surface area (Å²) in [5.41, 5.74) is 1.96. The summed E-state index contributed by atoms with van der Waals surface area (Å²) in [6.45, 7) is 1.96. The number of benzene rings is 2. The average molecular weight is 341 g/mol. The summed E-state index contributed by atoms with van der Waals surface area (Å²) in [5.74, 6) is -1.25. The molecule has 0 fully saturated rings. The second-order valence-electron chi connectivity index (χ2n) is 5.78. The predicted octanol–water partition coefficient (Wildman–Crippen LogP) is 2.69. The maximum absolute atomic E-state index is 12.0. The van der Waals surface area contributed by atoms with Crippen LogP contribution in [0.2, 0.25) is 0 Å². The van der Waals surface area contributed by atoms with Crippen LogP contribution in [0, 0.1) is 5.92 Å². The van der Waals surface area contributed by atoms with Crippen molar-refractivity contribution in [3.05, 3.63) is 65.7 Å². The molecule has 0 aliphatic carbocycles. The molecule has 0 heterocycles. The molecule has 2 aromatic carbocycles. The molecule has 0 bridgehead atoms. The zero-order valence-corrected chi connectivity index (χ0v) is 14.3. The summed E-state index contributed by atoms with van der Waals surface area (Å²) < 4.78 is 5.54. The maximum atomic E-state index is 12.0. The van der Waals surface area contributed by atoms with Crippen molar-refractivity contribution < 1.29 is 19.4 Å². The second-order valence-corrected chi connectivity index (χ2v) is 5.78. The first kappa shape index (κ1) is 18.5. The standard InChI is InChI=1S/C20H23NO4/c1-2-16-10-6-7-11-18(16)25-14-19(22)21-13-17(20(23)24)12-15-8-4-3-5-9-15/h3-11,17H,2,12-14H2,1H3,(H,21,22)(H,23,24). The second kappa shape index (κ2) is 9.47. The Morgan fingerprint density at radius 1 is 1.08 bits per heavy atom. The van der Waals surface area contributed by atoms with E-state index in [0.717, 1.165) is 17.5 Å². The summed E-state index contributed by atoms with van der Waals surface area (Å²) in [7, 11) is 0. The maximum Gasteiger partial charge on any atom is 0.308 e. The number of aliphatic carboxylic acids is 1. The van der Waals surface area contributed by atoms with Gasteiger partial charge in [0.05, 0.1) is 5.92 Å². The number of carboxylic acids is 1. The Hall–Kier alpha value is -2.82. The summed E-state index contributed by atoms with van der Waals surface area (Å²) in [5, 5.41) is 12.0. The lowest BCUT2D eigenvalue weighted by Gasteiger charge is -2.14. The van der Waals surface area contributed by atoms with E-state index < -0.39 is 11.9 Å². The van der Waals surface area contributed by atoms with Gasteiger partial charge in [0.15, 0.2) is 6.61 Å². The van der Waals surface area contributed by atoms with Crippen LogP contribution < -0.4 is 10.1 Å². The van der Waals surface area contributed by atoms with Gasteiger partial charge in [-0.1, -0.05) is 55.5 Å². The van der Waals surface area contributed by atoms with Crippen LogP contribution in [0.1, 0.15) is 18.1 Å². The number of carbonyl (C=O) groups excluding carboxylic acids is 1. The van der Waals surface area contributed by atoms with Gasteiger partial charge in [-0.25, -0.2) is 0 Å². The van der Waals surface area contributed by atoms with Gasteiger partial charge >= 0.3 is 5.97 Å². The number of hydrogen-bond acceptors (Lipinski definition) is 3. The quantitative estimate of drug-likeness (QED) is 0.735. The molecule has 0 aliphatic heterocycles. The average Bonchev–Trinajstić information content (AvgIpc) is 2.64. The van der Waals surface area contributed by atoms with Crippen molar-refractivity contribution in [1.82, 2.24) is 5.32 Å². The topological polar surface area (TPSA) is 75.6 Å². The van der Waals surface area contributed by atoms with Crippen molar-refractivity contribution in [3.63, 3.8) is 0 Å². The van der Waals surface area contributed by atoms with E-state index in [9.17, 15) is 14.7 Å². The van der Waals surface area contributed by atoms with Gasteiger partial charge in [0.2, 0.25) is 0 Å². The molecule has 132 valence electrons. The van der Waals surface area contributed by atoms with E-state index in [1.165, 1.54) is 0 Å². The smallest absolute Gasteiger partial charge is 0.308 e. The molecule has 2 rings (SSSR count). The molecule has 0 saturated heterocycles. The van der Waals surface area contributed by atoms with E-state index in [1.54, 1.807) is 0 Å². The summed E-state index contributed by atoms with van der Waals surface area (Å²) in [6, 6.07) is 16.9. The van der Waals surface area contributed by atoms with Crippen LogP contribution in [0.15, 0.2) is 54.6 Å². The van der Waals surface area contributed by atoms with Gasteiger partial charge in [0.1, 0.15) is 5.75 Å². The van der Waals surface area contributed by atoms with E-state index in [2.05, 4.69) is 5.32 Å². The highest BCUT2D eigenvalue weighted by Gasteiger charge is 2.19. The summed E-state index contributed by atoms with van der Waals surface area (Å²) in [6.07, 6.45) is 1.19. The van der Waals surface area contributed by atoms with Crippen molar-refractivity contribution in [2.24, 2.45) is 5.92 Å². The Morgan fingerprint density at radius 3 is 2.44 bits per heavy atom. The molecule has 0 radical (unpaired) electrons. The predicted molar refractivity (Wildman–Crippen MR) is 95.6 cm³/mol. The molecule has 1 amide bonds. The number of amides is 1. The fraction of sp³-hybridized carbons (Fsp3) is 0.300. The van der Waals surface area contributed by atoms with Gasteiger partial charge in [-0.2, -0.15) is 0 Å². The molecular formula is C20H23NO4. The van der Waals surface area contributed by atoms with Crippen molar-refractivity contribution in [1.29, 1.82) is 0 Å². The highest BCUT2D eigenvalue weighted by molar-refractivity contribution is 5.78. The highest BCUT2D eigenvalue weighted by Crippen LogP contribution is 2.18. The molecule has 5 nitrogen and oxygen atoms in total. The van der Waals surface area contributed by atoms with Crippen LogP contribution in [0.5, 0.6) is 5.75 Å². The van der Waals surface area contributed by atoms with Gasteiger partial charge in [-0.15, -0.1) is 0 Å². The van der Waals surface area contributed by atoms with Crippen LogP contribution in [0.25, 0.3) is 0 Å². The van der Waals surface area contributed by atoms with Crippen LogP contribution in [-0.2, 0) is 22.4 Å². The number of hydrogen-bond donors (Lipinski definition) is 2. The van der Waals surface area contributed by atoms with Crippen molar-refractivity contribution in [3.8, 4) is 5.75 Å². The lowest BCUT2D eigenvalue weighted by atomic mass is 9.99. The molecule has 5 heteroatoms. The van der Waals surface area contributed by atoms with Crippen molar-refractivity contribution in [2.75, 3.05) is 13.2 Å². The van der Waals surface area contributed by atoms with Crippen LogP contribution in [0.3, 0.4) is 0 Å². The molecule has 1 atom stereocenters. The SMILES string of the molecule is CCc1ccccc1OCC(=O)NCC(Cc1ccccc1)C(=O)O. The Morgan fingerprint density at radius 2 is 1.76 bits per heavy atom. The Balaban J connectivity index is 1.83. The van der Waals surface area contributed by atoms with E-state index in [4.69, 9.17) is 4.74 Å². The van der Waals surface area contributed by atoms with Crippen LogP contribution >= 0.6 is 0 Å². The Labute approximate surface area is 147 Å². The first-order valence-electron chi connectivity index (χ1n) is 8.34. The molecule has 0 saturated carbocycles. The third kappa shape index (κ3) is 5.95. The number of carbonyl (C=O) groups is 2. The molecule has 25 heavy (non-hydrogen) atoms. The van der Waals surface area contributed by atoms with Crippen LogP contribution in [0.4, 0.5) is 0 Å². The molecule has 2 N–H and O–H groups in total. The number of ether oxygens (including phenoxy) is 1. The Kier molecular flexibility index (Phi) is 7.01. The third-order valence-corrected chi connectivity index (χ3v) is 3.93. The molecule has 2 aromatic rings. The van der Waals surface area contributed by atoms with Crippen molar-refractivity contribution >= 4 is 11.9 Å². The number of nitrogens with one attached hydrogen (secondary N) is 1. The molecule has 1 unspecified atom stereocenters. The fourth-order valence-corrected chi connectivity index (χ4v) is 2.51. The number of rotatable bonds is 9. The summed E-state index contributed by atoms with van der Waals surface area (Å²) >= 11 is 0. The van der Waals surface area contributed by atoms with Crippen molar-refractivity contribution in [2.45, 2.75) is 19.8 Å². The normalized spacial score (nSPS) is 11.6. The zero-order valence-electron chi connectivity index (χ0n) is 14.3. The first-order valence-corrected chi connectivity index (χ1v) is 8.34. The van der Waals surface area contributed by atoms with Gasteiger partial charge < -0.3 is 15.2 Å². The minimum absolute atomic E-state index is 0.0713. The lowest BCUT2D eigenvalue weighted by molar-refractivity contribution is -0.141. The number of para-hydroxylation sites is 1. The van der Waals surface area contributed by atoms with E-state index in [0.29, 0.717) is 12.2 Å². The third-order valence-electron chi connectivity index (χ3n) is 3.93.